The number of carbonyl (C=O) groups is 1. The minimum atomic E-state index is -0.472. The van der Waals surface area contributed by atoms with Crippen LogP contribution in [0.2, 0.25) is 0 Å². The summed E-state index contributed by atoms with van der Waals surface area (Å²) in [4.78, 5) is 23.1. The molecule has 8 nitrogen and oxygen atoms in total. The highest BCUT2D eigenvalue weighted by Gasteiger charge is 2.18. The summed E-state index contributed by atoms with van der Waals surface area (Å²) in [7, 11) is 0. The number of aryl methyl sites for hydroxylation is 1. The Morgan fingerprint density at radius 2 is 1.97 bits per heavy atom. The van der Waals surface area contributed by atoms with Gasteiger partial charge in [-0.3, -0.25) is 14.9 Å². The summed E-state index contributed by atoms with van der Waals surface area (Å²) in [5.41, 5.74) is 1.84. The second-order valence-corrected chi connectivity index (χ2v) is 7.09. The van der Waals surface area contributed by atoms with Crippen LogP contribution in [0.25, 0.3) is 11.4 Å². The number of hydrogen-bond acceptors (Lipinski definition) is 5. The van der Waals surface area contributed by atoms with Crippen LogP contribution in [-0.2, 0) is 24.2 Å². The Kier molecular flexibility index (Phi) is 5.33. The van der Waals surface area contributed by atoms with Gasteiger partial charge in [0, 0.05) is 35.8 Å². The first-order valence-corrected chi connectivity index (χ1v) is 9.66. The lowest BCUT2D eigenvalue weighted by Crippen LogP contribution is -2.15. The van der Waals surface area contributed by atoms with Crippen LogP contribution in [0.5, 0.6) is 0 Å². The molecule has 2 heterocycles. The van der Waals surface area contributed by atoms with E-state index in [-0.39, 0.29) is 18.0 Å². The summed E-state index contributed by atoms with van der Waals surface area (Å²) in [6, 6.07) is 13.7. The van der Waals surface area contributed by atoms with Crippen LogP contribution in [0.4, 0.5) is 11.4 Å². The number of nitrogens with one attached hydrogen (secondary N) is 1. The highest BCUT2D eigenvalue weighted by atomic mass is 16.6. The zero-order chi connectivity index (χ0) is 20.2. The monoisotopic (exact) mass is 391 g/mol. The molecule has 1 aliphatic heterocycles. The average molecular weight is 391 g/mol. The SMILES string of the molecule is O=C(Cc1ccccc1[N+](=O)[O-])Nc1cccc(-c2nnc3n2CCCCC3)c1. The first kappa shape index (κ1) is 18.8. The molecule has 4 rings (SSSR count). The Morgan fingerprint density at radius 1 is 1.10 bits per heavy atom. The number of rotatable bonds is 5. The molecule has 1 amide bonds. The van der Waals surface area contributed by atoms with Crippen molar-refractivity contribution in [1.82, 2.24) is 14.8 Å². The van der Waals surface area contributed by atoms with Gasteiger partial charge in [0.05, 0.1) is 11.3 Å². The van der Waals surface area contributed by atoms with Gasteiger partial charge in [0.25, 0.3) is 5.69 Å². The maximum absolute atomic E-state index is 12.5. The second-order valence-electron chi connectivity index (χ2n) is 7.09. The zero-order valence-electron chi connectivity index (χ0n) is 15.9. The van der Waals surface area contributed by atoms with E-state index in [1.807, 2.05) is 18.2 Å². The third kappa shape index (κ3) is 4.16. The Labute approximate surface area is 167 Å². The minimum absolute atomic E-state index is 0.0532. The summed E-state index contributed by atoms with van der Waals surface area (Å²) < 4.78 is 2.15. The summed E-state index contributed by atoms with van der Waals surface area (Å²) in [6.07, 6.45) is 4.27. The van der Waals surface area contributed by atoms with Gasteiger partial charge in [0.15, 0.2) is 5.82 Å². The molecule has 3 aromatic rings. The quantitative estimate of drug-likeness (QED) is 0.527. The molecule has 0 saturated heterocycles. The van der Waals surface area contributed by atoms with Crippen molar-refractivity contribution in [3.8, 4) is 11.4 Å². The molecule has 8 heteroatoms. The standard InChI is InChI=1S/C21H21N5O3/c27-20(14-15-7-3-4-10-18(15)26(28)29)22-17-9-6-8-16(13-17)21-24-23-19-11-2-1-5-12-25(19)21/h3-4,6-10,13H,1-2,5,11-12,14H2,(H,22,27). The number of para-hydroxylation sites is 1. The normalized spacial score (nSPS) is 13.4. The number of fused-ring (bicyclic) bond motifs is 1. The molecule has 1 aliphatic rings. The number of nitrogens with zero attached hydrogens (tertiary/aromatic N) is 4. The van der Waals surface area contributed by atoms with Crippen LogP contribution in [0.15, 0.2) is 48.5 Å². The van der Waals surface area contributed by atoms with Gasteiger partial charge in [-0.05, 0) is 25.0 Å². The van der Waals surface area contributed by atoms with Crippen molar-refractivity contribution in [2.24, 2.45) is 0 Å². The van der Waals surface area contributed by atoms with Crippen molar-refractivity contribution in [3.63, 3.8) is 0 Å². The fraction of sp³-hybridized carbons (Fsp3) is 0.286. The number of anilines is 1. The topological polar surface area (TPSA) is 103 Å². The number of aromatic nitrogens is 3. The van der Waals surface area contributed by atoms with E-state index in [1.165, 1.54) is 12.5 Å². The molecule has 0 unspecified atom stereocenters. The van der Waals surface area contributed by atoms with E-state index in [0.29, 0.717) is 11.3 Å². The molecular formula is C21H21N5O3. The van der Waals surface area contributed by atoms with E-state index < -0.39 is 4.92 Å². The van der Waals surface area contributed by atoms with E-state index in [4.69, 9.17) is 0 Å². The Hall–Kier alpha value is -3.55. The smallest absolute Gasteiger partial charge is 0.273 e. The molecule has 1 aromatic heterocycles. The van der Waals surface area contributed by atoms with Crippen LogP contribution in [0.1, 0.15) is 30.7 Å². The summed E-state index contributed by atoms with van der Waals surface area (Å²) in [5, 5.41) is 22.7. The highest BCUT2D eigenvalue weighted by Crippen LogP contribution is 2.25. The fourth-order valence-corrected chi connectivity index (χ4v) is 3.65. The van der Waals surface area contributed by atoms with Crippen LogP contribution in [0, 0.1) is 10.1 Å². The summed E-state index contributed by atoms with van der Waals surface area (Å²) in [6.45, 7) is 0.895. The van der Waals surface area contributed by atoms with Crippen molar-refractivity contribution in [3.05, 3.63) is 70.0 Å². The number of carbonyl (C=O) groups excluding carboxylic acids is 1. The van der Waals surface area contributed by atoms with Gasteiger partial charge in [-0.1, -0.05) is 36.8 Å². The number of hydrogen-bond donors (Lipinski definition) is 1. The first-order valence-electron chi connectivity index (χ1n) is 9.66. The van der Waals surface area contributed by atoms with Crippen LogP contribution >= 0.6 is 0 Å². The maximum Gasteiger partial charge on any atom is 0.273 e. The number of amides is 1. The molecule has 0 saturated carbocycles. The van der Waals surface area contributed by atoms with E-state index in [9.17, 15) is 14.9 Å². The van der Waals surface area contributed by atoms with Crippen LogP contribution in [0.3, 0.4) is 0 Å². The lowest BCUT2D eigenvalue weighted by atomic mass is 10.1. The molecule has 0 bridgehead atoms. The van der Waals surface area contributed by atoms with Gasteiger partial charge in [0.2, 0.25) is 5.91 Å². The molecule has 1 N–H and O–H groups in total. The van der Waals surface area contributed by atoms with Crippen molar-refractivity contribution in [2.45, 2.75) is 38.6 Å². The second kappa shape index (κ2) is 8.22. The molecule has 0 aliphatic carbocycles. The summed E-state index contributed by atoms with van der Waals surface area (Å²) >= 11 is 0. The van der Waals surface area contributed by atoms with Gasteiger partial charge in [-0.15, -0.1) is 10.2 Å². The third-order valence-electron chi connectivity index (χ3n) is 5.05. The average Bonchev–Trinajstić information content (AvgIpc) is 2.96. The van der Waals surface area contributed by atoms with Gasteiger partial charge in [-0.25, -0.2) is 0 Å². The molecular weight excluding hydrogens is 370 g/mol. The van der Waals surface area contributed by atoms with Crippen LogP contribution < -0.4 is 5.32 Å². The van der Waals surface area contributed by atoms with E-state index in [1.54, 1.807) is 24.3 Å². The molecule has 2 aromatic carbocycles. The zero-order valence-corrected chi connectivity index (χ0v) is 15.9. The first-order chi connectivity index (χ1) is 14.1. The highest BCUT2D eigenvalue weighted by molar-refractivity contribution is 5.93. The van der Waals surface area contributed by atoms with E-state index in [2.05, 4.69) is 20.1 Å². The largest absolute Gasteiger partial charge is 0.326 e. The van der Waals surface area contributed by atoms with Crippen molar-refractivity contribution >= 4 is 17.3 Å². The third-order valence-corrected chi connectivity index (χ3v) is 5.05. The van der Waals surface area contributed by atoms with Gasteiger partial charge in [-0.2, -0.15) is 0 Å². The van der Waals surface area contributed by atoms with Gasteiger partial charge in [0.1, 0.15) is 5.82 Å². The molecule has 0 fully saturated rings. The van der Waals surface area contributed by atoms with Crippen molar-refractivity contribution in [2.75, 3.05) is 5.32 Å². The van der Waals surface area contributed by atoms with Crippen molar-refractivity contribution < 1.29 is 9.72 Å². The Balaban J connectivity index is 1.52. The predicted octanol–water partition coefficient (Wildman–Crippen LogP) is 3.76. The summed E-state index contributed by atoms with van der Waals surface area (Å²) in [5.74, 6) is 1.50. The Morgan fingerprint density at radius 3 is 2.83 bits per heavy atom. The number of benzene rings is 2. The van der Waals surface area contributed by atoms with Crippen LogP contribution in [-0.4, -0.2) is 25.6 Å². The lowest BCUT2D eigenvalue weighted by molar-refractivity contribution is -0.385. The maximum atomic E-state index is 12.5. The molecule has 0 radical (unpaired) electrons. The molecule has 29 heavy (non-hydrogen) atoms. The van der Waals surface area contributed by atoms with Crippen molar-refractivity contribution in [1.29, 1.82) is 0 Å². The predicted molar refractivity (Wildman–Crippen MR) is 108 cm³/mol. The number of nitro benzene ring substituents is 1. The number of nitro groups is 1. The Bertz CT molecular complexity index is 1060. The van der Waals surface area contributed by atoms with E-state index >= 15 is 0 Å². The molecule has 148 valence electrons. The molecule has 0 spiro atoms. The fourth-order valence-electron chi connectivity index (χ4n) is 3.65. The minimum Gasteiger partial charge on any atom is -0.326 e. The lowest BCUT2D eigenvalue weighted by Gasteiger charge is -2.10. The van der Waals surface area contributed by atoms with E-state index in [0.717, 1.165) is 43.0 Å². The van der Waals surface area contributed by atoms with Gasteiger partial charge < -0.3 is 9.88 Å². The van der Waals surface area contributed by atoms with Gasteiger partial charge >= 0.3 is 0 Å². The molecule has 0 atom stereocenters.